The number of carbonyl (C=O) groups excluding carboxylic acids is 2. The van der Waals surface area contributed by atoms with Gasteiger partial charge < -0.3 is 15.4 Å². The molecule has 1 amide bonds. The summed E-state index contributed by atoms with van der Waals surface area (Å²) in [7, 11) is 0. The zero-order valence-electron chi connectivity index (χ0n) is 14.3. The molecule has 0 saturated heterocycles. The lowest BCUT2D eigenvalue weighted by Crippen LogP contribution is -2.30. The topological polar surface area (TPSA) is 80.3 Å². The van der Waals surface area contributed by atoms with E-state index in [0.29, 0.717) is 30.9 Å². The number of fused-ring (bicyclic) bond motifs is 1. The fourth-order valence-electron chi connectivity index (χ4n) is 2.87. The van der Waals surface area contributed by atoms with Gasteiger partial charge in [0.1, 0.15) is 17.0 Å². The first-order valence-electron chi connectivity index (χ1n) is 8.25. The van der Waals surface area contributed by atoms with E-state index in [0.717, 1.165) is 11.1 Å². The van der Waals surface area contributed by atoms with Crippen molar-refractivity contribution in [2.45, 2.75) is 25.9 Å². The minimum Gasteiger partial charge on any atom is -0.451 e. The van der Waals surface area contributed by atoms with Crippen LogP contribution >= 0.6 is 0 Å². The molecule has 3 rings (SSSR count). The van der Waals surface area contributed by atoms with Crippen LogP contribution in [0.2, 0.25) is 0 Å². The number of hydrogen-bond acceptors (Lipinski definition) is 5. The monoisotopic (exact) mass is 339 g/mol. The molecule has 6 nitrogen and oxygen atoms in total. The highest BCUT2D eigenvalue weighted by molar-refractivity contribution is 5.99. The number of esters is 1. The Morgan fingerprint density at radius 2 is 1.92 bits per heavy atom. The molecular formula is C19H21N3O3. The van der Waals surface area contributed by atoms with Gasteiger partial charge in [0.15, 0.2) is 0 Å². The fraction of sp³-hybridized carbons (Fsp3) is 0.316. The minimum absolute atomic E-state index is 0.0419. The summed E-state index contributed by atoms with van der Waals surface area (Å²) in [6.45, 7) is 4.61. The summed E-state index contributed by atoms with van der Waals surface area (Å²) in [6, 6.07) is 11.4. The highest BCUT2D eigenvalue weighted by Crippen LogP contribution is 2.38. The Bertz CT molecular complexity index is 788. The Balaban J connectivity index is 1.53. The molecule has 130 valence electrons. The molecule has 0 radical (unpaired) electrons. The van der Waals surface area contributed by atoms with Gasteiger partial charge in [-0.25, -0.2) is 9.78 Å². The second-order valence-electron chi connectivity index (χ2n) is 6.42. The smallest absolute Gasteiger partial charge is 0.343 e. The van der Waals surface area contributed by atoms with Crippen molar-refractivity contribution < 1.29 is 14.3 Å². The SMILES string of the molecule is CC1(C)OC(=O)c2c1ccnc2NCCNC(=O)Cc1ccccc1. The largest absolute Gasteiger partial charge is 0.451 e. The number of nitrogens with zero attached hydrogens (tertiary/aromatic N) is 1. The van der Waals surface area contributed by atoms with Crippen molar-refractivity contribution in [3.05, 3.63) is 59.3 Å². The third-order valence-electron chi connectivity index (χ3n) is 4.10. The van der Waals surface area contributed by atoms with E-state index in [1.54, 1.807) is 12.3 Å². The zero-order valence-corrected chi connectivity index (χ0v) is 14.3. The molecule has 1 aromatic heterocycles. The van der Waals surface area contributed by atoms with E-state index in [4.69, 9.17) is 4.74 Å². The van der Waals surface area contributed by atoms with Crippen LogP contribution in [-0.4, -0.2) is 29.9 Å². The Kier molecular flexibility index (Phi) is 4.70. The standard InChI is InChI=1S/C19H21N3O3/c1-19(2)14-8-9-21-17(16(14)18(24)25-19)22-11-10-20-15(23)12-13-6-4-3-5-7-13/h3-9H,10-12H2,1-2H3,(H,20,23)(H,21,22). The van der Waals surface area contributed by atoms with Gasteiger partial charge in [0.25, 0.3) is 0 Å². The molecule has 1 aromatic carbocycles. The summed E-state index contributed by atoms with van der Waals surface area (Å²) in [4.78, 5) is 28.2. The zero-order chi connectivity index (χ0) is 17.9. The lowest BCUT2D eigenvalue weighted by molar-refractivity contribution is -0.120. The molecule has 0 spiro atoms. The lowest BCUT2D eigenvalue weighted by atomic mass is 9.97. The molecule has 1 aliphatic heterocycles. The molecule has 1 aliphatic rings. The predicted octanol–water partition coefficient (Wildman–Crippen LogP) is 2.26. The van der Waals surface area contributed by atoms with E-state index in [1.165, 1.54) is 0 Å². The molecule has 0 saturated carbocycles. The van der Waals surface area contributed by atoms with Gasteiger partial charge >= 0.3 is 5.97 Å². The minimum atomic E-state index is -0.643. The van der Waals surface area contributed by atoms with E-state index < -0.39 is 5.60 Å². The molecule has 6 heteroatoms. The number of rotatable bonds is 6. The van der Waals surface area contributed by atoms with Crippen molar-refractivity contribution in [1.29, 1.82) is 0 Å². The predicted molar refractivity (Wildman–Crippen MR) is 94.3 cm³/mol. The second kappa shape index (κ2) is 6.93. The number of carbonyl (C=O) groups is 2. The van der Waals surface area contributed by atoms with Crippen molar-refractivity contribution in [1.82, 2.24) is 10.3 Å². The summed E-state index contributed by atoms with van der Waals surface area (Å²) >= 11 is 0. The average Bonchev–Trinajstić information content (AvgIpc) is 2.82. The van der Waals surface area contributed by atoms with Gasteiger partial charge in [0, 0.05) is 24.8 Å². The van der Waals surface area contributed by atoms with Crippen LogP contribution in [-0.2, 0) is 21.6 Å². The summed E-state index contributed by atoms with van der Waals surface area (Å²) in [5.74, 6) is 0.0777. The third-order valence-corrected chi connectivity index (χ3v) is 4.10. The number of nitrogens with one attached hydrogen (secondary N) is 2. The van der Waals surface area contributed by atoms with Gasteiger partial charge in [-0.1, -0.05) is 30.3 Å². The molecule has 0 aliphatic carbocycles. The second-order valence-corrected chi connectivity index (χ2v) is 6.42. The molecule has 2 N–H and O–H groups in total. The first-order valence-corrected chi connectivity index (χ1v) is 8.25. The van der Waals surface area contributed by atoms with Gasteiger partial charge in [-0.3, -0.25) is 4.79 Å². The van der Waals surface area contributed by atoms with Crippen LogP contribution in [0.5, 0.6) is 0 Å². The molecule has 0 bridgehead atoms. The molecule has 2 heterocycles. The van der Waals surface area contributed by atoms with Crippen LogP contribution in [0, 0.1) is 0 Å². The number of aromatic nitrogens is 1. The third kappa shape index (κ3) is 3.79. The normalized spacial score (nSPS) is 14.6. The Labute approximate surface area is 146 Å². The quantitative estimate of drug-likeness (QED) is 0.623. The van der Waals surface area contributed by atoms with Crippen LogP contribution in [0.3, 0.4) is 0 Å². The maximum atomic E-state index is 12.1. The van der Waals surface area contributed by atoms with E-state index in [2.05, 4.69) is 15.6 Å². The van der Waals surface area contributed by atoms with Gasteiger partial charge in [-0.05, 0) is 25.5 Å². The number of pyridine rings is 1. The Morgan fingerprint density at radius 3 is 2.68 bits per heavy atom. The van der Waals surface area contributed by atoms with Gasteiger partial charge in [0.05, 0.1) is 6.42 Å². The van der Waals surface area contributed by atoms with E-state index >= 15 is 0 Å². The summed E-state index contributed by atoms with van der Waals surface area (Å²) < 4.78 is 5.38. The van der Waals surface area contributed by atoms with Crippen LogP contribution in [0.1, 0.15) is 35.3 Å². The summed E-state index contributed by atoms with van der Waals surface area (Å²) in [6.07, 6.45) is 2.00. The van der Waals surface area contributed by atoms with Crippen LogP contribution in [0.4, 0.5) is 5.82 Å². The Morgan fingerprint density at radius 1 is 1.16 bits per heavy atom. The number of cyclic esters (lactones) is 1. The highest BCUT2D eigenvalue weighted by Gasteiger charge is 2.39. The number of amides is 1. The molecule has 0 atom stereocenters. The number of ether oxygens (including phenoxy) is 1. The maximum absolute atomic E-state index is 12.1. The van der Waals surface area contributed by atoms with Gasteiger partial charge in [-0.15, -0.1) is 0 Å². The van der Waals surface area contributed by atoms with Crippen molar-refractivity contribution in [3.8, 4) is 0 Å². The Hall–Kier alpha value is -2.89. The van der Waals surface area contributed by atoms with E-state index in [9.17, 15) is 9.59 Å². The fourth-order valence-corrected chi connectivity index (χ4v) is 2.87. The molecule has 0 fully saturated rings. The van der Waals surface area contributed by atoms with Crippen molar-refractivity contribution in [2.24, 2.45) is 0 Å². The molecule has 2 aromatic rings. The number of hydrogen-bond donors (Lipinski definition) is 2. The number of anilines is 1. The van der Waals surface area contributed by atoms with E-state index in [-0.39, 0.29) is 11.9 Å². The number of benzene rings is 1. The maximum Gasteiger partial charge on any atom is 0.343 e. The molecule has 25 heavy (non-hydrogen) atoms. The van der Waals surface area contributed by atoms with Crippen LogP contribution in [0.15, 0.2) is 42.6 Å². The van der Waals surface area contributed by atoms with Gasteiger partial charge in [0.2, 0.25) is 5.91 Å². The lowest BCUT2D eigenvalue weighted by Gasteiger charge is -2.17. The highest BCUT2D eigenvalue weighted by atomic mass is 16.6. The average molecular weight is 339 g/mol. The van der Waals surface area contributed by atoms with Crippen LogP contribution in [0.25, 0.3) is 0 Å². The molecular weight excluding hydrogens is 318 g/mol. The molecule has 0 unspecified atom stereocenters. The first-order chi connectivity index (χ1) is 12.0. The van der Waals surface area contributed by atoms with Crippen molar-refractivity contribution in [2.75, 3.05) is 18.4 Å². The van der Waals surface area contributed by atoms with Crippen molar-refractivity contribution >= 4 is 17.7 Å². The first kappa shape index (κ1) is 17.0. The van der Waals surface area contributed by atoms with Crippen molar-refractivity contribution in [3.63, 3.8) is 0 Å². The summed E-state index contributed by atoms with van der Waals surface area (Å²) in [5, 5.41) is 5.96. The van der Waals surface area contributed by atoms with E-state index in [1.807, 2.05) is 44.2 Å². The summed E-state index contributed by atoms with van der Waals surface area (Å²) in [5.41, 5.74) is 1.63. The van der Waals surface area contributed by atoms with Crippen LogP contribution < -0.4 is 10.6 Å². The van der Waals surface area contributed by atoms with Gasteiger partial charge in [-0.2, -0.15) is 0 Å².